The third-order valence-electron chi connectivity index (χ3n) is 3.23. The summed E-state index contributed by atoms with van der Waals surface area (Å²) in [6.07, 6.45) is 1.60. The molecule has 0 saturated carbocycles. The lowest BCUT2D eigenvalue weighted by atomic mass is 9.93. The molecule has 0 unspecified atom stereocenters. The highest BCUT2D eigenvalue weighted by Gasteiger charge is 2.46. The number of primary amides is 1. The number of carbonyl (C=O) groups excluding carboxylic acids is 1. The molecule has 0 aliphatic carbocycles. The maximum atomic E-state index is 11.2. The van der Waals surface area contributed by atoms with Crippen molar-refractivity contribution < 1.29 is 9.53 Å². The first-order valence-corrected chi connectivity index (χ1v) is 5.93. The van der Waals surface area contributed by atoms with Crippen LogP contribution in [0.5, 0.6) is 0 Å². The summed E-state index contributed by atoms with van der Waals surface area (Å²) in [4.78, 5) is 11.2. The third-order valence-corrected chi connectivity index (χ3v) is 3.23. The molecule has 0 aromatic heterocycles. The lowest BCUT2D eigenvalue weighted by Gasteiger charge is -2.29. The van der Waals surface area contributed by atoms with E-state index in [1.807, 2.05) is 20.8 Å². The molecule has 1 amide bonds. The fourth-order valence-corrected chi connectivity index (χ4v) is 2.47. The number of hydrogen-bond donors (Lipinski definition) is 2. The SMILES string of the molecule is CC[C@@H](N[C@H]1CC(C)(C)OC1(C)C)C(N)=O. The van der Waals surface area contributed by atoms with Gasteiger partial charge in [-0.05, 0) is 40.5 Å². The van der Waals surface area contributed by atoms with Gasteiger partial charge in [-0.25, -0.2) is 0 Å². The highest BCUT2D eigenvalue weighted by atomic mass is 16.5. The van der Waals surface area contributed by atoms with Crippen LogP contribution in [0.15, 0.2) is 0 Å². The average molecular weight is 228 g/mol. The molecule has 0 aromatic carbocycles. The van der Waals surface area contributed by atoms with Crippen LogP contribution in [-0.4, -0.2) is 29.2 Å². The molecule has 1 aliphatic rings. The van der Waals surface area contributed by atoms with Gasteiger partial charge in [-0.3, -0.25) is 4.79 Å². The molecule has 0 spiro atoms. The highest BCUT2D eigenvalue weighted by Crippen LogP contribution is 2.37. The van der Waals surface area contributed by atoms with Crippen molar-refractivity contribution in [3.8, 4) is 0 Å². The van der Waals surface area contributed by atoms with Gasteiger partial charge in [0.1, 0.15) is 0 Å². The largest absolute Gasteiger partial charge is 0.368 e. The number of amides is 1. The Kier molecular flexibility index (Phi) is 3.65. The summed E-state index contributed by atoms with van der Waals surface area (Å²) in [7, 11) is 0. The number of hydrogen-bond acceptors (Lipinski definition) is 3. The number of rotatable bonds is 4. The molecule has 2 atom stereocenters. The Morgan fingerprint density at radius 1 is 1.50 bits per heavy atom. The van der Waals surface area contributed by atoms with Crippen LogP contribution in [0.25, 0.3) is 0 Å². The molecule has 0 bridgehead atoms. The summed E-state index contributed by atoms with van der Waals surface area (Å²) in [6.45, 7) is 10.2. The topological polar surface area (TPSA) is 64.3 Å². The van der Waals surface area contributed by atoms with E-state index < -0.39 is 0 Å². The van der Waals surface area contributed by atoms with Crippen molar-refractivity contribution in [2.75, 3.05) is 0 Å². The van der Waals surface area contributed by atoms with Crippen LogP contribution < -0.4 is 11.1 Å². The molecule has 4 nitrogen and oxygen atoms in total. The highest BCUT2D eigenvalue weighted by molar-refractivity contribution is 5.79. The summed E-state index contributed by atoms with van der Waals surface area (Å²) in [5.74, 6) is -0.289. The lowest BCUT2D eigenvalue weighted by molar-refractivity contribution is -0.120. The lowest BCUT2D eigenvalue weighted by Crippen LogP contribution is -2.52. The molecule has 0 radical (unpaired) electrons. The summed E-state index contributed by atoms with van der Waals surface area (Å²) >= 11 is 0. The molecule has 1 saturated heterocycles. The molecule has 16 heavy (non-hydrogen) atoms. The molecule has 1 fully saturated rings. The second kappa shape index (κ2) is 4.34. The van der Waals surface area contributed by atoms with Gasteiger partial charge >= 0.3 is 0 Å². The number of nitrogens with two attached hydrogens (primary N) is 1. The van der Waals surface area contributed by atoms with Gasteiger partial charge in [0.05, 0.1) is 17.2 Å². The van der Waals surface area contributed by atoms with E-state index in [1.54, 1.807) is 0 Å². The number of ether oxygens (including phenoxy) is 1. The second-order valence-corrected chi connectivity index (χ2v) is 5.75. The Morgan fingerprint density at radius 3 is 2.38 bits per heavy atom. The van der Waals surface area contributed by atoms with E-state index in [2.05, 4.69) is 19.2 Å². The zero-order valence-electron chi connectivity index (χ0n) is 11.0. The number of nitrogens with one attached hydrogen (secondary N) is 1. The second-order valence-electron chi connectivity index (χ2n) is 5.75. The third kappa shape index (κ3) is 2.95. The first-order chi connectivity index (χ1) is 7.18. The monoisotopic (exact) mass is 228 g/mol. The van der Waals surface area contributed by atoms with Crippen molar-refractivity contribution in [1.29, 1.82) is 0 Å². The van der Waals surface area contributed by atoms with Gasteiger partial charge in [0.2, 0.25) is 5.91 Å². The molecule has 1 rings (SSSR count). The van der Waals surface area contributed by atoms with Crippen molar-refractivity contribution in [1.82, 2.24) is 5.32 Å². The van der Waals surface area contributed by atoms with Gasteiger partial charge in [-0.1, -0.05) is 6.92 Å². The van der Waals surface area contributed by atoms with E-state index in [1.165, 1.54) is 0 Å². The Balaban J connectivity index is 2.70. The minimum Gasteiger partial charge on any atom is -0.368 e. The Morgan fingerprint density at radius 2 is 2.06 bits per heavy atom. The van der Waals surface area contributed by atoms with Crippen LogP contribution in [0, 0.1) is 0 Å². The van der Waals surface area contributed by atoms with E-state index in [4.69, 9.17) is 10.5 Å². The van der Waals surface area contributed by atoms with Gasteiger partial charge in [0, 0.05) is 6.04 Å². The summed E-state index contributed by atoms with van der Waals surface area (Å²) < 4.78 is 5.96. The fraction of sp³-hybridized carbons (Fsp3) is 0.917. The van der Waals surface area contributed by atoms with E-state index in [-0.39, 0.29) is 29.2 Å². The smallest absolute Gasteiger partial charge is 0.234 e. The number of carbonyl (C=O) groups is 1. The quantitative estimate of drug-likeness (QED) is 0.759. The Labute approximate surface area is 97.9 Å². The molecule has 1 heterocycles. The van der Waals surface area contributed by atoms with E-state index >= 15 is 0 Å². The first-order valence-electron chi connectivity index (χ1n) is 5.93. The van der Waals surface area contributed by atoms with Crippen LogP contribution in [0.4, 0.5) is 0 Å². The fourth-order valence-electron chi connectivity index (χ4n) is 2.47. The predicted molar refractivity (Wildman–Crippen MR) is 64.1 cm³/mol. The normalized spacial score (nSPS) is 28.9. The zero-order valence-corrected chi connectivity index (χ0v) is 11.0. The summed E-state index contributed by atoms with van der Waals surface area (Å²) in [5, 5.41) is 3.31. The van der Waals surface area contributed by atoms with Gasteiger partial charge < -0.3 is 15.8 Å². The van der Waals surface area contributed by atoms with Crippen LogP contribution in [0.3, 0.4) is 0 Å². The molecule has 3 N–H and O–H groups in total. The summed E-state index contributed by atoms with van der Waals surface area (Å²) in [6, 6.07) is -0.0956. The zero-order chi connectivity index (χ0) is 12.6. The van der Waals surface area contributed by atoms with E-state index in [0.717, 1.165) is 6.42 Å². The van der Waals surface area contributed by atoms with E-state index in [0.29, 0.717) is 6.42 Å². The van der Waals surface area contributed by atoms with Crippen molar-refractivity contribution in [3.05, 3.63) is 0 Å². The van der Waals surface area contributed by atoms with Crippen molar-refractivity contribution in [2.24, 2.45) is 5.73 Å². The summed E-state index contributed by atoms with van der Waals surface area (Å²) in [5.41, 5.74) is 4.94. The van der Waals surface area contributed by atoms with Crippen LogP contribution in [0.2, 0.25) is 0 Å². The van der Waals surface area contributed by atoms with E-state index in [9.17, 15) is 4.79 Å². The molecular weight excluding hydrogens is 204 g/mol. The minimum absolute atomic E-state index is 0.142. The molecule has 94 valence electrons. The molecule has 0 aromatic rings. The first kappa shape index (κ1) is 13.5. The van der Waals surface area contributed by atoms with Crippen LogP contribution in [-0.2, 0) is 9.53 Å². The minimum atomic E-state index is -0.289. The van der Waals surface area contributed by atoms with Crippen molar-refractivity contribution >= 4 is 5.91 Å². The molecular formula is C12H24N2O2. The maximum absolute atomic E-state index is 11.2. The average Bonchev–Trinajstić information content (AvgIpc) is 2.29. The van der Waals surface area contributed by atoms with Crippen molar-refractivity contribution in [2.45, 2.75) is 70.7 Å². The Bertz CT molecular complexity index is 274. The maximum Gasteiger partial charge on any atom is 0.234 e. The van der Waals surface area contributed by atoms with Gasteiger partial charge in [-0.2, -0.15) is 0 Å². The molecule has 1 aliphatic heterocycles. The Hall–Kier alpha value is -0.610. The predicted octanol–water partition coefficient (Wildman–Crippen LogP) is 1.19. The van der Waals surface area contributed by atoms with Gasteiger partial charge in [-0.15, -0.1) is 0 Å². The standard InChI is InChI=1S/C12H24N2O2/c1-6-8(10(13)15)14-9-7-11(2,3)16-12(9,4)5/h8-9,14H,6-7H2,1-5H3,(H2,13,15)/t8-,9+/m1/s1. The van der Waals surface area contributed by atoms with Crippen molar-refractivity contribution in [3.63, 3.8) is 0 Å². The van der Waals surface area contributed by atoms with Gasteiger partial charge in [0.15, 0.2) is 0 Å². The molecule has 4 heteroatoms. The van der Waals surface area contributed by atoms with Crippen LogP contribution in [0.1, 0.15) is 47.5 Å². The van der Waals surface area contributed by atoms with Crippen LogP contribution >= 0.6 is 0 Å². The van der Waals surface area contributed by atoms with Gasteiger partial charge in [0.25, 0.3) is 0 Å².